The molecule has 0 aromatic heterocycles. The van der Waals surface area contributed by atoms with E-state index in [4.69, 9.17) is 27.9 Å². The van der Waals surface area contributed by atoms with Crippen molar-refractivity contribution in [2.45, 2.75) is 44.2 Å². The molecule has 40 heavy (non-hydrogen) atoms. The smallest absolute Gasteiger partial charge is 0.264 e. The predicted molar refractivity (Wildman–Crippen MR) is 158 cm³/mol. The van der Waals surface area contributed by atoms with Gasteiger partial charge in [0, 0.05) is 29.2 Å². The van der Waals surface area contributed by atoms with E-state index < -0.39 is 28.5 Å². The SMILES string of the molecule is CCCCNC(=O)[C@@H](C)N(Cc1ccc(Cl)cc1Cl)C(=O)CN(c1cccc(OC)c1)S(=O)(=O)c1ccccc1. The number of halogens is 2. The van der Waals surface area contributed by atoms with Crippen molar-refractivity contribution >= 4 is 50.7 Å². The Hall–Kier alpha value is -3.27. The van der Waals surface area contributed by atoms with Crippen LogP contribution in [0.2, 0.25) is 10.0 Å². The first kappa shape index (κ1) is 31.3. The fraction of sp³-hybridized carbons (Fsp3) is 0.310. The van der Waals surface area contributed by atoms with Gasteiger partial charge in [0.1, 0.15) is 18.3 Å². The van der Waals surface area contributed by atoms with E-state index >= 15 is 0 Å². The van der Waals surface area contributed by atoms with E-state index in [2.05, 4.69) is 5.32 Å². The maximum atomic E-state index is 14.0. The van der Waals surface area contributed by atoms with E-state index in [-0.39, 0.29) is 23.0 Å². The summed E-state index contributed by atoms with van der Waals surface area (Å²) in [5, 5.41) is 3.60. The van der Waals surface area contributed by atoms with Crippen LogP contribution in [-0.4, -0.2) is 51.4 Å². The van der Waals surface area contributed by atoms with Crippen molar-refractivity contribution in [3.8, 4) is 5.75 Å². The Labute approximate surface area is 245 Å². The van der Waals surface area contributed by atoms with Gasteiger partial charge in [-0.15, -0.1) is 0 Å². The average Bonchev–Trinajstić information content (AvgIpc) is 2.95. The summed E-state index contributed by atoms with van der Waals surface area (Å²) in [5.74, 6) is -0.524. The number of anilines is 1. The Morgan fingerprint density at radius 2 is 1.73 bits per heavy atom. The summed E-state index contributed by atoms with van der Waals surface area (Å²) in [5.41, 5.74) is 0.799. The normalized spacial score (nSPS) is 11.9. The number of hydrogen-bond donors (Lipinski definition) is 1. The van der Waals surface area contributed by atoms with Crippen LogP contribution < -0.4 is 14.4 Å². The number of sulfonamides is 1. The largest absolute Gasteiger partial charge is 0.497 e. The Morgan fingerprint density at radius 3 is 2.38 bits per heavy atom. The highest BCUT2D eigenvalue weighted by molar-refractivity contribution is 7.92. The van der Waals surface area contributed by atoms with Gasteiger partial charge in [-0.3, -0.25) is 13.9 Å². The molecule has 0 aliphatic heterocycles. The molecular formula is C29H33Cl2N3O5S. The molecule has 1 N–H and O–H groups in total. The van der Waals surface area contributed by atoms with Crippen molar-refractivity contribution in [1.29, 1.82) is 0 Å². The topological polar surface area (TPSA) is 96.0 Å². The number of hydrogen-bond acceptors (Lipinski definition) is 5. The van der Waals surface area contributed by atoms with Gasteiger partial charge in [-0.25, -0.2) is 8.42 Å². The number of amides is 2. The second kappa shape index (κ2) is 14.4. The average molecular weight is 607 g/mol. The monoisotopic (exact) mass is 605 g/mol. The Kier molecular flexibility index (Phi) is 11.2. The van der Waals surface area contributed by atoms with Crippen LogP contribution in [0.4, 0.5) is 5.69 Å². The molecule has 3 aromatic rings. The summed E-state index contributed by atoms with van der Waals surface area (Å²) in [6.45, 7) is 3.47. The van der Waals surface area contributed by atoms with Gasteiger partial charge in [-0.2, -0.15) is 0 Å². The third kappa shape index (κ3) is 7.90. The van der Waals surface area contributed by atoms with Crippen LogP contribution in [0.3, 0.4) is 0 Å². The molecule has 0 aliphatic carbocycles. The van der Waals surface area contributed by atoms with E-state index in [0.29, 0.717) is 27.9 Å². The number of nitrogens with zero attached hydrogens (tertiary/aromatic N) is 2. The minimum absolute atomic E-state index is 0.0169. The fourth-order valence-corrected chi connectivity index (χ4v) is 5.86. The number of carbonyl (C=O) groups excluding carboxylic acids is 2. The zero-order valence-corrected chi connectivity index (χ0v) is 25.0. The van der Waals surface area contributed by atoms with Crippen molar-refractivity contribution in [1.82, 2.24) is 10.2 Å². The van der Waals surface area contributed by atoms with E-state index in [1.54, 1.807) is 61.5 Å². The lowest BCUT2D eigenvalue weighted by atomic mass is 10.1. The van der Waals surface area contributed by atoms with Crippen LogP contribution in [0.25, 0.3) is 0 Å². The van der Waals surface area contributed by atoms with E-state index in [0.717, 1.165) is 17.1 Å². The minimum Gasteiger partial charge on any atom is -0.497 e. The van der Waals surface area contributed by atoms with Crippen LogP contribution >= 0.6 is 23.2 Å². The summed E-state index contributed by atoms with van der Waals surface area (Å²) >= 11 is 12.5. The lowest BCUT2D eigenvalue weighted by Gasteiger charge is -2.32. The number of methoxy groups -OCH3 is 1. The van der Waals surface area contributed by atoms with E-state index in [1.165, 1.54) is 30.2 Å². The molecule has 3 aromatic carbocycles. The second-order valence-electron chi connectivity index (χ2n) is 9.10. The quantitative estimate of drug-likeness (QED) is 0.258. The fourth-order valence-electron chi connectivity index (χ4n) is 3.97. The molecule has 2 amide bonds. The summed E-state index contributed by atoms with van der Waals surface area (Å²) in [7, 11) is -2.70. The van der Waals surface area contributed by atoms with Gasteiger partial charge in [0.25, 0.3) is 10.0 Å². The van der Waals surface area contributed by atoms with Gasteiger partial charge in [0.15, 0.2) is 0 Å². The first-order valence-electron chi connectivity index (χ1n) is 12.8. The second-order valence-corrected chi connectivity index (χ2v) is 11.8. The van der Waals surface area contributed by atoms with Gasteiger partial charge in [0.2, 0.25) is 11.8 Å². The number of benzene rings is 3. The van der Waals surface area contributed by atoms with Crippen molar-refractivity contribution in [3.63, 3.8) is 0 Å². The molecule has 0 heterocycles. The van der Waals surface area contributed by atoms with Crippen molar-refractivity contribution in [2.75, 3.05) is 24.5 Å². The minimum atomic E-state index is -4.17. The molecule has 0 spiro atoms. The maximum absolute atomic E-state index is 14.0. The van der Waals surface area contributed by atoms with Gasteiger partial charge >= 0.3 is 0 Å². The molecule has 3 rings (SSSR count). The number of carbonyl (C=O) groups is 2. The highest BCUT2D eigenvalue weighted by Gasteiger charge is 2.33. The van der Waals surface area contributed by atoms with Crippen LogP contribution in [-0.2, 0) is 26.2 Å². The summed E-state index contributed by atoms with van der Waals surface area (Å²) in [4.78, 5) is 28.3. The maximum Gasteiger partial charge on any atom is 0.264 e. The number of nitrogens with one attached hydrogen (secondary N) is 1. The van der Waals surface area contributed by atoms with Crippen LogP contribution in [0, 0.1) is 0 Å². The van der Waals surface area contributed by atoms with Crippen molar-refractivity contribution < 1.29 is 22.7 Å². The molecule has 0 saturated heterocycles. The van der Waals surface area contributed by atoms with E-state index in [1.807, 2.05) is 6.92 Å². The Morgan fingerprint density at radius 1 is 1.00 bits per heavy atom. The lowest BCUT2D eigenvalue weighted by Crippen LogP contribution is -2.51. The van der Waals surface area contributed by atoms with Crippen LogP contribution in [0.5, 0.6) is 5.75 Å². The van der Waals surface area contributed by atoms with Crippen LogP contribution in [0.15, 0.2) is 77.7 Å². The first-order chi connectivity index (χ1) is 19.1. The first-order valence-corrected chi connectivity index (χ1v) is 15.0. The van der Waals surface area contributed by atoms with Crippen molar-refractivity contribution in [3.05, 3.63) is 88.4 Å². The predicted octanol–water partition coefficient (Wildman–Crippen LogP) is 5.53. The standard InChI is InChI=1S/C29H33Cl2N3O5S/c1-4-5-16-32-29(36)21(2)33(19-22-14-15-23(30)17-27(22)31)28(35)20-34(24-10-9-11-25(18-24)39-3)40(37,38)26-12-7-6-8-13-26/h6-15,17-18,21H,4-5,16,19-20H2,1-3H3,(H,32,36)/t21-/m1/s1. The molecule has 0 saturated carbocycles. The molecule has 11 heteroatoms. The third-order valence-electron chi connectivity index (χ3n) is 6.30. The molecule has 0 unspecified atom stereocenters. The number of unbranched alkanes of at least 4 members (excludes halogenated alkanes) is 1. The molecule has 0 aliphatic rings. The van der Waals surface area contributed by atoms with Gasteiger partial charge in [-0.1, -0.05) is 66.9 Å². The third-order valence-corrected chi connectivity index (χ3v) is 8.68. The molecule has 8 nitrogen and oxygen atoms in total. The van der Waals surface area contributed by atoms with Gasteiger partial charge in [0.05, 0.1) is 17.7 Å². The van der Waals surface area contributed by atoms with Crippen molar-refractivity contribution in [2.24, 2.45) is 0 Å². The zero-order chi connectivity index (χ0) is 29.3. The Bertz CT molecular complexity index is 1420. The lowest BCUT2D eigenvalue weighted by molar-refractivity contribution is -0.139. The highest BCUT2D eigenvalue weighted by atomic mass is 35.5. The Balaban J connectivity index is 2.03. The molecule has 0 fully saturated rings. The molecule has 1 atom stereocenters. The summed E-state index contributed by atoms with van der Waals surface area (Å²) in [6, 6.07) is 18.2. The van der Waals surface area contributed by atoms with Gasteiger partial charge < -0.3 is 15.0 Å². The zero-order valence-electron chi connectivity index (χ0n) is 22.6. The molecular weight excluding hydrogens is 573 g/mol. The number of rotatable bonds is 13. The summed E-state index contributed by atoms with van der Waals surface area (Å²) in [6.07, 6.45) is 1.68. The number of ether oxygens (including phenoxy) is 1. The molecule has 0 radical (unpaired) electrons. The highest BCUT2D eigenvalue weighted by Crippen LogP contribution is 2.28. The molecule has 214 valence electrons. The summed E-state index contributed by atoms with van der Waals surface area (Å²) < 4.78 is 34.0. The van der Waals surface area contributed by atoms with E-state index in [9.17, 15) is 18.0 Å². The molecule has 0 bridgehead atoms. The van der Waals surface area contributed by atoms with Gasteiger partial charge in [-0.05, 0) is 55.3 Å². The van der Waals surface area contributed by atoms with Crippen LogP contribution in [0.1, 0.15) is 32.3 Å².